The maximum absolute atomic E-state index is 12.1. The number of nitrogens with one attached hydrogen (secondary N) is 2. The lowest BCUT2D eigenvalue weighted by molar-refractivity contribution is -0.125. The van der Waals surface area contributed by atoms with Crippen LogP contribution in [-0.2, 0) is 4.79 Å². The SMILES string of the molecule is CNCC(C)C(=O)NC(c1nc(C2CC2)no1)C(C)C. The van der Waals surface area contributed by atoms with E-state index in [4.69, 9.17) is 4.52 Å². The van der Waals surface area contributed by atoms with Crippen LogP contribution in [0.2, 0.25) is 0 Å². The molecule has 1 aromatic rings. The minimum atomic E-state index is -0.221. The zero-order valence-corrected chi connectivity index (χ0v) is 12.6. The molecule has 1 saturated carbocycles. The summed E-state index contributed by atoms with van der Waals surface area (Å²) in [5.74, 6) is 1.87. The fourth-order valence-electron chi connectivity index (χ4n) is 2.09. The van der Waals surface area contributed by atoms with Gasteiger partial charge < -0.3 is 15.2 Å². The number of amides is 1. The molecule has 1 aromatic heterocycles. The predicted molar refractivity (Wildman–Crippen MR) is 75.1 cm³/mol. The standard InChI is InChI=1S/C14H24N4O2/c1-8(2)11(16-13(19)9(3)7-15-4)14-17-12(18-20-14)10-5-6-10/h8-11,15H,5-7H2,1-4H3,(H,16,19). The first-order valence-corrected chi connectivity index (χ1v) is 7.31. The van der Waals surface area contributed by atoms with E-state index in [2.05, 4.69) is 20.8 Å². The zero-order chi connectivity index (χ0) is 14.7. The van der Waals surface area contributed by atoms with E-state index in [1.165, 1.54) is 0 Å². The summed E-state index contributed by atoms with van der Waals surface area (Å²) in [6, 6.07) is -0.221. The lowest BCUT2D eigenvalue weighted by Gasteiger charge is -2.21. The molecule has 0 radical (unpaired) electrons. The van der Waals surface area contributed by atoms with Crippen LogP contribution < -0.4 is 10.6 Å². The van der Waals surface area contributed by atoms with Gasteiger partial charge >= 0.3 is 0 Å². The Hall–Kier alpha value is -1.43. The monoisotopic (exact) mass is 280 g/mol. The van der Waals surface area contributed by atoms with Crippen molar-refractivity contribution in [3.05, 3.63) is 11.7 Å². The molecule has 0 saturated heterocycles. The van der Waals surface area contributed by atoms with Gasteiger partial charge in [-0.05, 0) is 25.8 Å². The Kier molecular flexibility index (Phi) is 4.75. The Labute approximate surface area is 119 Å². The number of hydrogen-bond acceptors (Lipinski definition) is 5. The molecule has 1 aliphatic rings. The van der Waals surface area contributed by atoms with Crippen molar-refractivity contribution >= 4 is 5.91 Å². The van der Waals surface area contributed by atoms with Crippen molar-refractivity contribution in [3.63, 3.8) is 0 Å². The van der Waals surface area contributed by atoms with E-state index in [1.807, 2.05) is 27.8 Å². The number of aromatic nitrogens is 2. The van der Waals surface area contributed by atoms with Crippen molar-refractivity contribution in [1.29, 1.82) is 0 Å². The molecule has 1 amide bonds. The molecule has 2 atom stereocenters. The highest BCUT2D eigenvalue weighted by molar-refractivity contribution is 5.78. The topological polar surface area (TPSA) is 80.0 Å². The molecule has 2 unspecified atom stereocenters. The fraction of sp³-hybridized carbons (Fsp3) is 0.786. The first-order chi connectivity index (χ1) is 9.52. The maximum Gasteiger partial charge on any atom is 0.249 e. The summed E-state index contributed by atoms with van der Waals surface area (Å²) >= 11 is 0. The third-order valence-corrected chi connectivity index (χ3v) is 3.59. The van der Waals surface area contributed by atoms with Crippen LogP contribution in [0.4, 0.5) is 0 Å². The van der Waals surface area contributed by atoms with Gasteiger partial charge in [0.25, 0.3) is 0 Å². The zero-order valence-electron chi connectivity index (χ0n) is 12.6. The molecule has 20 heavy (non-hydrogen) atoms. The molecule has 1 heterocycles. The molecular formula is C14H24N4O2. The van der Waals surface area contributed by atoms with E-state index >= 15 is 0 Å². The first-order valence-electron chi connectivity index (χ1n) is 7.31. The van der Waals surface area contributed by atoms with Crippen LogP contribution in [0.5, 0.6) is 0 Å². The van der Waals surface area contributed by atoms with Gasteiger partial charge in [0.2, 0.25) is 11.8 Å². The third-order valence-electron chi connectivity index (χ3n) is 3.59. The van der Waals surface area contributed by atoms with E-state index in [-0.39, 0.29) is 23.8 Å². The average molecular weight is 280 g/mol. The van der Waals surface area contributed by atoms with Crippen LogP contribution in [0.3, 0.4) is 0 Å². The number of nitrogens with zero attached hydrogens (tertiary/aromatic N) is 2. The summed E-state index contributed by atoms with van der Waals surface area (Å²) in [5.41, 5.74) is 0. The summed E-state index contributed by atoms with van der Waals surface area (Å²) < 4.78 is 5.34. The van der Waals surface area contributed by atoms with Crippen LogP contribution in [0.25, 0.3) is 0 Å². The van der Waals surface area contributed by atoms with E-state index in [0.717, 1.165) is 18.7 Å². The quantitative estimate of drug-likeness (QED) is 0.793. The van der Waals surface area contributed by atoms with E-state index in [0.29, 0.717) is 18.4 Å². The van der Waals surface area contributed by atoms with E-state index in [9.17, 15) is 4.79 Å². The number of rotatable bonds is 7. The molecule has 0 bridgehead atoms. The van der Waals surface area contributed by atoms with Crippen LogP contribution in [0, 0.1) is 11.8 Å². The Balaban J connectivity index is 2.03. The predicted octanol–water partition coefficient (Wildman–Crippen LogP) is 1.62. The molecule has 2 rings (SSSR count). The van der Waals surface area contributed by atoms with Crippen LogP contribution in [-0.4, -0.2) is 29.6 Å². The van der Waals surface area contributed by atoms with Gasteiger partial charge in [0.05, 0.1) is 0 Å². The molecule has 0 aromatic carbocycles. The Morgan fingerprint density at radius 3 is 2.65 bits per heavy atom. The Morgan fingerprint density at radius 2 is 2.10 bits per heavy atom. The van der Waals surface area contributed by atoms with Crippen molar-refractivity contribution in [2.45, 2.75) is 45.6 Å². The van der Waals surface area contributed by atoms with Gasteiger partial charge in [0.15, 0.2) is 5.82 Å². The van der Waals surface area contributed by atoms with Crippen molar-refractivity contribution in [2.24, 2.45) is 11.8 Å². The highest BCUT2D eigenvalue weighted by Gasteiger charge is 2.32. The van der Waals surface area contributed by atoms with E-state index < -0.39 is 0 Å². The lowest BCUT2D eigenvalue weighted by atomic mass is 10.0. The van der Waals surface area contributed by atoms with Gasteiger partial charge in [-0.25, -0.2) is 0 Å². The maximum atomic E-state index is 12.1. The van der Waals surface area contributed by atoms with Crippen molar-refractivity contribution in [3.8, 4) is 0 Å². The summed E-state index contributed by atoms with van der Waals surface area (Å²) in [4.78, 5) is 16.6. The molecule has 1 fully saturated rings. The molecule has 2 N–H and O–H groups in total. The molecule has 0 aliphatic heterocycles. The van der Waals surface area contributed by atoms with Crippen molar-refractivity contribution < 1.29 is 9.32 Å². The smallest absolute Gasteiger partial charge is 0.249 e. The van der Waals surface area contributed by atoms with Crippen LogP contribution >= 0.6 is 0 Å². The molecule has 112 valence electrons. The van der Waals surface area contributed by atoms with E-state index in [1.54, 1.807) is 0 Å². The van der Waals surface area contributed by atoms with Gasteiger partial charge in [0, 0.05) is 18.4 Å². The molecule has 0 spiro atoms. The van der Waals surface area contributed by atoms with Gasteiger partial charge in [0.1, 0.15) is 6.04 Å². The molecule has 1 aliphatic carbocycles. The van der Waals surface area contributed by atoms with Gasteiger partial charge in [-0.15, -0.1) is 0 Å². The summed E-state index contributed by atoms with van der Waals surface area (Å²) in [5, 5.41) is 10.0. The fourth-order valence-corrected chi connectivity index (χ4v) is 2.09. The lowest BCUT2D eigenvalue weighted by Crippen LogP contribution is -2.38. The highest BCUT2D eigenvalue weighted by Crippen LogP contribution is 2.38. The largest absolute Gasteiger partial charge is 0.344 e. The van der Waals surface area contributed by atoms with Gasteiger partial charge in [-0.1, -0.05) is 25.9 Å². The van der Waals surface area contributed by atoms with Crippen molar-refractivity contribution in [2.75, 3.05) is 13.6 Å². The molecule has 6 nitrogen and oxygen atoms in total. The average Bonchev–Trinajstić information content (AvgIpc) is 3.14. The molecule has 6 heteroatoms. The van der Waals surface area contributed by atoms with Crippen LogP contribution in [0.15, 0.2) is 4.52 Å². The third kappa shape index (κ3) is 3.56. The molecular weight excluding hydrogens is 256 g/mol. The Morgan fingerprint density at radius 1 is 1.40 bits per heavy atom. The first kappa shape index (κ1) is 15.0. The normalized spacial score (nSPS) is 18.1. The second-order valence-electron chi connectivity index (χ2n) is 5.95. The summed E-state index contributed by atoms with van der Waals surface area (Å²) in [7, 11) is 1.84. The second-order valence-corrected chi connectivity index (χ2v) is 5.95. The number of carbonyl (C=O) groups is 1. The highest BCUT2D eigenvalue weighted by atomic mass is 16.5. The minimum absolute atomic E-state index is 0.00391. The van der Waals surface area contributed by atoms with Gasteiger partial charge in [-0.3, -0.25) is 4.79 Å². The number of hydrogen-bond donors (Lipinski definition) is 2. The minimum Gasteiger partial charge on any atom is -0.344 e. The van der Waals surface area contributed by atoms with Crippen LogP contribution in [0.1, 0.15) is 57.3 Å². The second kappa shape index (κ2) is 6.35. The van der Waals surface area contributed by atoms with Gasteiger partial charge in [-0.2, -0.15) is 4.98 Å². The summed E-state index contributed by atoms with van der Waals surface area (Å²) in [6.45, 7) is 6.61. The van der Waals surface area contributed by atoms with Crippen molar-refractivity contribution in [1.82, 2.24) is 20.8 Å². The number of carbonyl (C=O) groups excluding carboxylic acids is 1. The Bertz CT molecular complexity index is 454. The summed E-state index contributed by atoms with van der Waals surface area (Å²) in [6.07, 6.45) is 2.27.